The van der Waals surface area contributed by atoms with Crippen molar-refractivity contribution in [2.24, 2.45) is 0 Å². The highest BCUT2D eigenvalue weighted by molar-refractivity contribution is 6.31. The quantitative estimate of drug-likeness (QED) is 0.735. The SMILES string of the molecule is Cc1nn(Cc2c(C(=O)NC(C)c3ccccc3)noc2C)c(C)c1Cl. The van der Waals surface area contributed by atoms with Gasteiger partial charge in [-0.05, 0) is 33.3 Å². The van der Waals surface area contributed by atoms with Gasteiger partial charge in [-0.2, -0.15) is 5.10 Å². The van der Waals surface area contributed by atoms with Crippen molar-refractivity contribution in [3.8, 4) is 0 Å². The molecule has 0 spiro atoms. The predicted octanol–water partition coefficient (Wildman–Crippen LogP) is 3.99. The Morgan fingerprint density at radius 2 is 1.96 bits per heavy atom. The second kappa shape index (κ2) is 7.33. The monoisotopic (exact) mass is 372 g/mol. The summed E-state index contributed by atoms with van der Waals surface area (Å²) in [6.07, 6.45) is 0. The highest BCUT2D eigenvalue weighted by Gasteiger charge is 2.23. The Hall–Kier alpha value is -2.60. The van der Waals surface area contributed by atoms with E-state index in [1.165, 1.54) is 0 Å². The van der Waals surface area contributed by atoms with Crippen LogP contribution >= 0.6 is 11.6 Å². The summed E-state index contributed by atoms with van der Waals surface area (Å²) in [5, 5.41) is 12.0. The molecule has 2 aromatic heterocycles. The summed E-state index contributed by atoms with van der Waals surface area (Å²) in [7, 11) is 0. The average molecular weight is 373 g/mol. The van der Waals surface area contributed by atoms with Gasteiger partial charge in [0, 0.05) is 5.56 Å². The van der Waals surface area contributed by atoms with Crippen LogP contribution in [0.25, 0.3) is 0 Å². The number of hydrogen-bond donors (Lipinski definition) is 1. The van der Waals surface area contributed by atoms with Crippen molar-refractivity contribution in [3.05, 3.63) is 69.3 Å². The molecule has 0 bridgehead atoms. The minimum Gasteiger partial charge on any atom is -0.361 e. The number of carbonyl (C=O) groups is 1. The molecule has 1 amide bonds. The molecule has 2 heterocycles. The Balaban J connectivity index is 1.83. The molecule has 0 aliphatic heterocycles. The first kappa shape index (κ1) is 18.2. The lowest BCUT2D eigenvalue weighted by molar-refractivity contribution is 0.0929. The Labute approximate surface area is 157 Å². The number of rotatable bonds is 5. The largest absolute Gasteiger partial charge is 0.361 e. The molecule has 0 radical (unpaired) electrons. The predicted molar refractivity (Wildman–Crippen MR) is 99.4 cm³/mol. The zero-order valence-electron chi connectivity index (χ0n) is 15.2. The van der Waals surface area contributed by atoms with E-state index < -0.39 is 0 Å². The molecule has 1 unspecified atom stereocenters. The van der Waals surface area contributed by atoms with Crippen LogP contribution in [-0.4, -0.2) is 20.8 Å². The van der Waals surface area contributed by atoms with E-state index in [4.69, 9.17) is 16.1 Å². The zero-order valence-corrected chi connectivity index (χ0v) is 16.0. The van der Waals surface area contributed by atoms with Crippen molar-refractivity contribution in [1.82, 2.24) is 20.3 Å². The van der Waals surface area contributed by atoms with Gasteiger partial charge in [-0.3, -0.25) is 9.48 Å². The molecule has 0 saturated heterocycles. The summed E-state index contributed by atoms with van der Waals surface area (Å²) in [6, 6.07) is 9.62. The molecule has 26 heavy (non-hydrogen) atoms. The number of carbonyl (C=O) groups excluding carboxylic acids is 1. The first-order chi connectivity index (χ1) is 12.4. The van der Waals surface area contributed by atoms with Gasteiger partial charge in [-0.25, -0.2) is 0 Å². The van der Waals surface area contributed by atoms with Crippen molar-refractivity contribution in [1.29, 1.82) is 0 Å². The summed E-state index contributed by atoms with van der Waals surface area (Å²) in [5.74, 6) is 0.312. The third kappa shape index (κ3) is 3.51. The first-order valence-corrected chi connectivity index (χ1v) is 8.76. The topological polar surface area (TPSA) is 73.0 Å². The molecule has 1 atom stereocenters. The van der Waals surface area contributed by atoms with E-state index >= 15 is 0 Å². The van der Waals surface area contributed by atoms with E-state index in [2.05, 4.69) is 15.6 Å². The number of halogens is 1. The Morgan fingerprint density at radius 3 is 2.58 bits per heavy atom. The van der Waals surface area contributed by atoms with Gasteiger partial charge in [-0.1, -0.05) is 47.1 Å². The lowest BCUT2D eigenvalue weighted by atomic mass is 10.1. The van der Waals surface area contributed by atoms with E-state index in [9.17, 15) is 4.79 Å². The lowest BCUT2D eigenvalue weighted by Gasteiger charge is -2.14. The van der Waals surface area contributed by atoms with Gasteiger partial charge < -0.3 is 9.84 Å². The van der Waals surface area contributed by atoms with Crippen LogP contribution in [0.2, 0.25) is 5.02 Å². The van der Waals surface area contributed by atoms with Crippen molar-refractivity contribution in [3.63, 3.8) is 0 Å². The number of hydrogen-bond acceptors (Lipinski definition) is 4. The van der Waals surface area contributed by atoms with Crippen LogP contribution in [0.3, 0.4) is 0 Å². The van der Waals surface area contributed by atoms with Gasteiger partial charge in [0.2, 0.25) is 0 Å². The van der Waals surface area contributed by atoms with Crippen LogP contribution in [-0.2, 0) is 6.54 Å². The molecule has 0 aliphatic carbocycles. The van der Waals surface area contributed by atoms with Crippen molar-refractivity contribution < 1.29 is 9.32 Å². The van der Waals surface area contributed by atoms with E-state index in [0.717, 1.165) is 17.0 Å². The summed E-state index contributed by atoms with van der Waals surface area (Å²) in [4.78, 5) is 12.7. The number of aromatic nitrogens is 3. The minimum absolute atomic E-state index is 0.142. The third-order valence-electron chi connectivity index (χ3n) is 4.45. The summed E-state index contributed by atoms with van der Waals surface area (Å²) < 4.78 is 7.03. The minimum atomic E-state index is -0.277. The molecular formula is C19H21ClN4O2. The van der Waals surface area contributed by atoms with Crippen molar-refractivity contribution in [2.45, 2.75) is 40.3 Å². The van der Waals surface area contributed by atoms with Gasteiger partial charge in [0.1, 0.15) is 5.76 Å². The van der Waals surface area contributed by atoms with E-state index in [1.54, 1.807) is 11.6 Å². The van der Waals surface area contributed by atoms with Gasteiger partial charge >= 0.3 is 0 Å². The van der Waals surface area contributed by atoms with Crippen LogP contribution in [0.15, 0.2) is 34.9 Å². The Bertz CT molecular complexity index is 931. The summed E-state index contributed by atoms with van der Waals surface area (Å²) in [5.41, 5.74) is 3.59. The highest BCUT2D eigenvalue weighted by atomic mass is 35.5. The fourth-order valence-corrected chi connectivity index (χ4v) is 2.96. The fraction of sp³-hybridized carbons (Fsp3) is 0.316. The number of aryl methyl sites for hydroxylation is 2. The molecule has 3 aromatic rings. The number of nitrogens with zero attached hydrogens (tertiary/aromatic N) is 3. The Kier molecular flexibility index (Phi) is 5.13. The van der Waals surface area contributed by atoms with Crippen molar-refractivity contribution in [2.75, 3.05) is 0 Å². The smallest absolute Gasteiger partial charge is 0.274 e. The molecule has 0 saturated carbocycles. The number of amides is 1. The van der Waals surface area contributed by atoms with Crippen molar-refractivity contribution >= 4 is 17.5 Å². The molecule has 7 heteroatoms. The third-order valence-corrected chi connectivity index (χ3v) is 4.99. The van der Waals surface area contributed by atoms with E-state index in [0.29, 0.717) is 22.9 Å². The van der Waals surface area contributed by atoms with E-state index in [-0.39, 0.29) is 17.6 Å². The first-order valence-electron chi connectivity index (χ1n) is 8.39. The maximum atomic E-state index is 12.7. The second-order valence-corrected chi connectivity index (χ2v) is 6.69. The van der Waals surface area contributed by atoms with E-state index in [1.807, 2.05) is 51.1 Å². The maximum absolute atomic E-state index is 12.7. The molecular weight excluding hydrogens is 352 g/mol. The summed E-state index contributed by atoms with van der Waals surface area (Å²) >= 11 is 6.22. The fourth-order valence-electron chi connectivity index (χ4n) is 2.82. The zero-order chi connectivity index (χ0) is 18.8. The lowest BCUT2D eigenvalue weighted by Crippen LogP contribution is -2.28. The summed E-state index contributed by atoms with van der Waals surface area (Å²) in [6.45, 7) is 7.83. The normalized spacial score (nSPS) is 12.2. The molecule has 3 rings (SSSR count). The van der Waals surface area contributed by atoms with Crippen LogP contribution in [0.5, 0.6) is 0 Å². The molecule has 0 aliphatic rings. The van der Waals surface area contributed by atoms with Crippen LogP contribution in [0.4, 0.5) is 0 Å². The molecule has 1 N–H and O–H groups in total. The maximum Gasteiger partial charge on any atom is 0.274 e. The van der Waals surface area contributed by atoms with Gasteiger partial charge in [-0.15, -0.1) is 0 Å². The van der Waals surface area contributed by atoms with Crippen LogP contribution in [0.1, 0.15) is 51.7 Å². The number of nitrogens with one attached hydrogen (secondary N) is 1. The average Bonchev–Trinajstić information content (AvgIpc) is 3.11. The Morgan fingerprint density at radius 1 is 1.27 bits per heavy atom. The standard InChI is InChI=1S/C19H21ClN4O2/c1-11(15-8-6-5-7-9-15)21-19(25)18-16(14(4)26-23-18)10-24-13(3)17(20)12(2)22-24/h5-9,11H,10H2,1-4H3,(H,21,25). The van der Waals surface area contributed by atoms with Gasteiger partial charge in [0.05, 0.1) is 29.0 Å². The van der Waals surface area contributed by atoms with Gasteiger partial charge in [0.25, 0.3) is 5.91 Å². The molecule has 136 valence electrons. The highest BCUT2D eigenvalue weighted by Crippen LogP contribution is 2.22. The second-order valence-electron chi connectivity index (χ2n) is 6.31. The number of benzene rings is 1. The molecule has 0 fully saturated rings. The molecule has 6 nitrogen and oxygen atoms in total. The van der Waals surface area contributed by atoms with Crippen LogP contribution in [0, 0.1) is 20.8 Å². The van der Waals surface area contributed by atoms with Gasteiger partial charge in [0.15, 0.2) is 5.69 Å². The van der Waals surface area contributed by atoms with Crippen LogP contribution < -0.4 is 5.32 Å². The molecule has 1 aromatic carbocycles.